The number of ether oxygens (including phenoxy) is 1. The Bertz CT molecular complexity index is 872. The Labute approximate surface area is 164 Å². The molecule has 2 aliphatic heterocycles. The fraction of sp³-hybridized carbons (Fsp3) is 0.333. The summed E-state index contributed by atoms with van der Waals surface area (Å²) in [7, 11) is 0. The number of hydrogen-bond acceptors (Lipinski definition) is 5. The molecule has 4 rings (SSSR count). The average molecular weight is 380 g/mol. The molecule has 7 nitrogen and oxygen atoms in total. The van der Waals surface area contributed by atoms with Crippen molar-refractivity contribution in [3.63, 3.8) is 0 Å². The molecule has 2 heterocycles. The van der Waals surface area contributed by atoms with E-state index in [1.54, 1.807) is 5.01 Å². The minimum absolute atomic E-state index is 0.348. The van der Waals surface area contributed by atoms with Gasteiger partial charge in [0.2, 0.25) is 5.72 Å². The third-order valence-electron chi connectivity index (χ3n) is 4.92. The minimum atomic E-state index is -0.737. The third kappa shape index (κ3) is 3.66. The van der Waals surface area contributed by atoms with Crippen LogP contribution in [-0.4, -0.2) is 35.8 Å². The summed E-state index contributed by atoms with van der Waals surface area (Å²) in [5, 5.41) is 8.96. The third-order valence-corrected chi connectivity index (χ3v) is 4.92. The highest BCUT2D eigenvalue weighted by molar-refractivity contribution is 6.01. The molecule has 2 N–H and O–H groups in total. The zero-order valence-corrected chi connectivity index (χ0v) is 16.1. The number of anilines is 1. The van der Waals surface area contributed by atoms with Crippen LogP contribution in [0.4, 0.5) is 10.5 Å². The van der Waals surface area contributed by atoms with Crippen molar-refractivity contribution in [1.29, 1.82) is 0 Å². The zero-order chi connectivity index (χ0) is 19.6. The van der Waals surface area contributed by atoms with Gasteiger partial charge in [0.05, 0.1) is 13.2 Å². The van der Waals surface area contributed by atoms with Crippen LogP contribution >= 0.6 is 0 Å². The van der Waals surface area contributed by atoms with Crippen molar-refractivity contribution in [2.24, 2.45) is 5.16 Å². The fourth-order valence-corrected chi connectivity index (χ4v) is 3.63. The highest BCUT2D eigenvalue weighted by atomic mass is 16.7. The van der Waals surface area contributed by atoms with E-state index in [4.69, 9.17) is 9.57 Å². The molecule has 0 radical (unpaired) electrons. The van der Waals surface area contributed by atoms with Gasteiger partial charge in [-0.1, -0.05) is 40.5 Å². The molecule has 0 atom stereocenters. The van der Waals surface area contributed by atoms with Crippen molar-refractivity contribution >= 4 is 17.6 Å². The largest absolute Gasteiger partial charge is 0.381 e. The second-order valence-corrected chi connectivity index (χ2v) is 7.21. The molecule has 146 valence electrons. The predicted octanol–water partition coefficient (Wildman–Crippen LogP) is 3.54. The lowest BCUT2D eigenvalue weighted by molar-refractivity contribution is -0.162. The van der Waals surface area contributed by atoms with Crippen LogP contribution in [-0.2, 0) is 9.57 Å². The highest BCUT2D eigenvalue weighted by Gasteiger charge is 2.49. The molecular weight excluding hydrogens is 356 g/mol. The molecular formula is C21H24N4O3. The second kappa shape index (κ2) is 7.52. The summed E-state index contributed by atoms with van der Waals surface area (Å²) < 4.78 is 5.50. The first kappa shape index (κ1) is 18.3. The molecule has 0 saturated carbocycles. The first-order valence-corrected chi connectivity index (χ1v) is 9.41. The van der Waals surface area contributed by atoms with E-state index in [1.807, 2.05) is 56.3 Å². The Hall–Kier alpha value is -3.06. The maximum Gasteiger partial charge on any atom is 0.338 e. The Morgan fingerprint density at radius 2 is 1.75 bits per heavy atom. The van der Waals surface area contributed by atoms with Gasteiger partial charge in [-0.3, -0.25) is 0 Å². The molecule has 0 unspecified atom stereocenters. The van der Waals surface area contributed by atoms with Gasteiger partial charge in [-0.15, -0.1) is 0 Å². The normalized spacial score (nSPS) is 17.8. The SMILES string of the molecule is Cc1cc(C)cc(C2=NOC3(CCOCC3)N2NC(=O)Nc2ccccc2)c1. The van der Waals surface area contributed by atoms with Gasteiger partial charge >= 0.3 is 6.03 Å². The molecule has 0 aliphatic carbocycles. The Kier molecular flexibility index (Phi) is 4.92. The standard InChI is InChI=1S/C21H24N4O3/c1-15-12-16(2)14-17(13-15)19-24-28-21(8-10-27-11-9-21)25(19)23-20(26)22-18-6-4-3-5-7-18/h3-7,12-14H,8-11H2,1-2H3,(H2,22,23,26). The van der Waals surface area contributed by atoms with Crippen molar-refractivity contribution in [3.8, 4) is 0 Å². The summed E-state index contributed by atoms with van der Waals surface area (Å²) in [4.78, 5) is 18.6. The van der Waals surface area contributed by atoms with E-state index in [0.717, 1.165) is 16.7 Å². The van der Waals surface area contributed by atoms with E-state index >= 15 is 0 Å². The van der Waals surface area contributed by atoms with Gasteiger partial charge < -0.3 is 14.9 Å². The molecule has 1 saturated heterocycles. The second-order valence-electron chi connectivity index (χ2n) is 7.21. The molecule has 2 aliphatic rings. The van der Waals surface area contributed by atoms with Crippen LogP contribution in [0, 0.1) is 13.8 Å². The number of aryl methyl sites for hydroxylation is 2. The van der Waals surface area contributed by atoms with E-state index in [9.17, 15) is 4.79 Å². The number of benzene rings is 2. The topological polar surface area (TPSA) is 75.2 Å². The Morgan fingerprint density at radius 3 is 2.43 bits per heavy atom. The number of carbonyl (C=O) groups is 1. The number of hydrogen-bond donors (Lipinski definition) is 2. The van der Waals surface area contributed by atoms with Gasteiger partial charge in [-0.25, -0.2) is 15.2 Å². The monoisotopic (exact) mass is 380 g/mol. The van der Waals surface area contributed by atoms with Crippen molar-refractivity contribution in [2.45, 2.75) is 32.4 Å². The summed E-state index contributed by atoms with van der Waals surface area (Å²) in [5.41, 5.74) is 6.08. The summed E-state index contributed by atoms with van der Waals surface area (Å²) in [6, 6.07) is 15.2. The summed E-state index contributed by atoms with van der Waals surface area (Å²) in [6.45, 7) is 5.18. The number of carbonyl (C=O) groups excluding carboxylic acids is 1. The van der Waals surface area contributed by atoms with Crippen LogP contribution in [0.1, 0.15) is 29.5 Å². The van der Waals surface area contributed by atoms with Gasteiger partial charge in [0.1, 0.15) is 0 Å². The number of nitrogens with one attached hydrogen (secondary N) is 2. The summed E-state index contributed by atoms with van der Waals surface area (Å²) in [6.07, 6.45) is 1.22. The van der Waals surface area contributed by atoms with E-state index in [1.165, 1.54) is 0 Å². The Balaban J connectivity index is 1.61. The number of amides is 2. The number of amidine groups is 1. The number of nitrogens with zero attached hydrogens (tertiary/aromatic N) is 2. The Morgan fingerprint density at radius 1 is 1.07 bits per heavy atom. The van der Waals surface area contributed by atoms with Crippen LogP contribution in [0.15, 0.2) is 53.7 Å². The maximum absolute atomic E-state index is 12.7. The molecule has 2 amide bonds. The molecule has 1 fully saturated rings. The minimum Gasteiger partial charge on any atom is -0.381 e. The van der Waals surface area contributed by atoms with Crippen molar-refractivity contribution < 1.29 is 14.4 Å². The number of urea groups is 1. The van der Waals surface area contributed by atoms with E-state index in [0.29, 0.717) is 37.6 Å². The van der Waals surface area contributed by atoms with Crippen LogP contribution in [0.5, 0.6) is 0 Å². The van der Waals surface area contributed by atoms with Gasteiger partial charge in [0.25, 0.3) is 0 Å². The number of hydrazine groups is 1. The van der Waals surface area contributed by atoms with Crippen LogP contribution in [0.2, 0.25) is 0 Å². The van der Waals surface area contributed by atoms with Crippen LogP contribution < -0.4 is 10.7 Å². The molecule has 28 heavy (non-hydrogen) atoms. The molecule has 0 bridgehead atoms. The van der Waals surface area contributed by atoms with E-state index in [-0.39, 0.29) is 6.03 Å². The quantitative estimate of drug-likeness (QED) is 0.854. The molecule has 7 heteroatoms. The first-order chi connectivity index (χ1) is 13.6. The first-order valence-electron chi connectivity index (χ1n) is 9.41. The summed E-state index contributed by atoms with van der Waals surface area (Å²) >= 11 is 0. The number of oxime groups is 1. The lowest BCUT2D eigenvalue weighted by Gasteiger charge is -2.39. The zero-order valence-electron chi connectivity index (χ0n) is 16.1. The lowest BCUT2D eigenvalue weighted by Crippen LogP contribution is -2.60. The number of rotatable bonds is 3. The average Bonchev–Trinajstić information content (AvgIpc) is 3.00. The predicted molar refractivity (Wildman–Crippen MR) is 107 cm³/mol. The van der Waals surface area contributed by atoms with E-state index in [2.05, 4.69) is 22.0 Å². The van der Waals surface area contributed by atoms with Crippen LogP contribution in [0.3, 0.4) is 0 Å². The smallest absolute Gasteiger partial charge is 0.338 e. The highest BCUT2D eigenvalue weighted by Crippen LogP contribution is 2.35. The van der Waals surface area contributed by atoms with Gasteiger partial charge in [-0.2, -0.15) is 0 Å². The van der Waals surface area contributed by atoms with E-state index < -0.39 is 5.72 Å². The van der Waals surface area contributed by atoms with Gasteiger partial charge in [0, 0.05) is 24.1 Å². The van der Waals surface area contributed by atoms with Gasteiger partial charge in [-0.05, 0) is 38.1 Å². The lowest BCUT2D eigenvalue weighted by atomic mass is 10.0. The summed E-state index contributed by atoms with van der Waals surface area (Å²) in [5.74, 6) is 0.594. The van der Waals surface area contributed by atoms with Gasteiger partial charge in [0.15, 0.2) is 5.84 Å². The van der Waals surface area contributed by atoms with Crippen LogP contribution in [0.25, 0.3) is 0 Å². The fourth-order valence-electron chi connectivity index (χ4n) is 3.63. The molecule has 2 aromatic rings. The molecule has 1 spiro atoms. The van der Waals surface area contributed by atoms with Crippen molar-refractivity contribution in [1.82, 2.24) is 10.4 Å². The molecule has 0 aromatic heterocycles. The van der Waals surface area contributed by atoms with Crippen molar-refractivity contribution in [2.75, 3.05) is 18.5 Å². The van der Waals surface area contributed by atoms with Crippen molar-refractivity contribution in [3.05, 3.63) is 65.2 Å². The maximum atomic E-state index is 12.7. The molecule has 2 aromatic carbocycles. The number of para-hydroxylation sites is 1.